The number of piperazine rings is 1. The van der Waals surface area contributed by atoms with Crippen LogP contribution in [-0.4, -0.2) is 88.2 Å². The Kier molecular flexibility index (Phi) is 7.16. The SMILES string of the molecule is CCNC(=NCc1c(C)nn(C)c1C)N1CCN(C(C)C(=O)N2CCCC2)CC1. The van der Waals surface area contributed by atoms with Crippen molar-refractivity contribution in [1.29, 1.82) is 0 Å². The number of amides is 1. The Hall–Kier alpha value is -2.09. The van der Waals surface area contributed by atoms with Crippen molar-refractivity contribution in [3.63, 3.8) is 0 Å². The minimum atomic E-state index is -0.0320. The van der Waals surface area contributed by atoms with E-state index in [1.807, 2.05) is 23.6 Å². The molecule has 1 amide bonds. The monoisotopic (exact) mass is 403 g/mol. The molecule has 8 nitrogen and oxygen atoms in total. The molecule has 162 valence electrons. The van der Waals surface area contributed by atoms with Gasteiger partial charge in [-0.2, -0.15) is 5.10 Å². The van der Waals surface area contributed by atoms with E-state index in [4.69, 9.17) is 4.99 Å². The quantitative estimate of drug-likeness (QED) is 0.590. The minimum absolute atomic E-state index is 0.0320. The number of nitrogens with one attached hydrogen (secondary N) is 1. The van der Waals surface area contributed by atoms with Crippen LogP contribution < -0.4 is 5.32 Å². The molecule has 29 heavy (non-hydrogen) atoms. The summed E-state index contributed by atoms with van der Waals surface area (Å²) in [6.45, 7) is 15.2. The van der Waals surface area contributed by atoms with Crippen molar-refractivity contribution < 1.29 is 4.79 Å². The number of nitrogens with zero attached hydrogens (tertiary/aromatic N) is 6. The number of aromatic nitrogens is 2. The highest BCUT2D eigenvalue weighted by atomic mass is 16.2. The molecule has 0 spiro atoms. The van der Waals surface area contributed by atoms with Gasteiger partial charge in [-0.15, -0.1) is 0 Å². The van der Waals surface area contributed by atoms with Gasteiger partial charge in [-0.3, -0.25) is 14.4 Å². The van der Waals surface area contributed by atoms with Crippen LogP contribution in [0.25, 0.3) is 0 Å². The summed E-state index contributed by atoms with van der Waals surface area (Å²) in [6.07, 6.45) is 2.29. The van der Waals surface area contributed by atoms with Crippen molar-refractivity contribution in [3.05, 3.63) is 17.0 Å². The lowest BCUT2D eigenvalue weighted by molar-refractivity contribution is -0.135. The van der Waals surface area contributed by atoms with Gasteiger partial charge in [0.2, 0.25) is 5.91 Å². The maximum atomic E-state index is 12.7. The third-order valence-corrected chi connectivity index (χ3v) is 6.32. The number of likely N-dealkylation sites (tertiary alicyclic amines) is 1. The van der Waals surface area contributed by atoms with Crippen molar-refractivity contribution in [1.82, 2.24) is 29.8 Å². The second-order valence-corrected chi connectivity index (χ2v) is 8.17. The van der Waals surface area contributed by atoms with Crippen molar-refractivity contribution in [2.75, 3.05) is 45.8 Å². The Morgan fingerprint density at radius 1 is 1.10 bits per heavy atom. The highest BCUT2D eigenvalue weighted by Crippen LogP contribution is 2.15. The number of hydrogen-bond donors (Lipinski definition) is 1. The Morgan fingerprint density at radius 2 is 1.76 bits per heavy atom. The lowest BCUT2D eigenvalue weighted by atomic mass is 10.2. The fourth-order valence-electron chi connectivity index (χ4n) is 4.31. The summed E-state index contributed by atoms with van der Waals surface area (Å²) in [5, 5.41) is 7.93. The van der Waals surface area contributed by atoms with Crippen LogP contribution in [-0.2, 0) is 18.4 Å². The summed E-state index contributed by atoms with van der Waals surface area (Å²) in [6, 6.07) is -0.0320. The second-order valence-electron chi connectivity index (χ2n) is 8.17. The molecule has 2 saturated heterocycles. The first kappa shape index (κ1) is 21.6. The highest BCUT2D eigenvalue weighted by Gasteiger charge is 2.30. The summed E-state index contributed by atoms with van der Waals surface area (Å²) in [5.41, 5.74) is 3.41. The van der Waals surface area contributed by atoms with Crippen LogP contribution >= 0.6 is 0 Å². The molecule has 0 bridgehead atoms. The zero-order valence-corrected chi connectivity index (χ0v) is 18.7. The Bertz CT molecular complexity index is 728. The zero-order valence-electron chi connectivity index (χ0n) is 18.7. The van der Waals surface area contributed by atoms with Crippen LogP contribution in [0.3, 0.4) is 0 Å². The molecule has 0 aliphatic carbocycles. The van der Waals surface area contributed by atoms with E-state index in [0.717, 1.165) is 70.3 Å². The largest absolute Gasteiger partial charge is 0.357 e. The molecule has 1 N–H and O–H groups in total. The molecule has 0 aromatic carbocycles. The predicted molar refractivity (Wildman–Crippen MR) is 116 cm³/mol. The first-order valence-corrected chi connectivity index (χ1v) is 11.0. The standard InChI is InChI=1S/C21H37N7O/c1-6-22-21(23-15-19-16(2)24-25(5)17(19)3)28-13-11-26(12-14-28)18(4)20(29)27-9-7-8-10-27/h18H,6-15H2,1-5H3,(H,22,23). The van der Waals surface area contributed by atoms with Crippen LogP contribution in [0.15, 0.2) is 4.99 Å². The van der Waals surface area contributed by atoms with Crippen LogP contribution in [0, 0.1) is 13.8 Å². The Labute approximate surface area is 174 Å². The molecule has 0 saturated carbocycles. The Balaban J connectivity index is 1.59. The average molecular weight is 404 g/mol. The first-order valence-electron chi connectivity index (χ1n) is 11.0. The maximum Gasteiger partial charge on any atom is 0.239 e. The molecule has 1 aromatic heterocycles. The van der Waals surface area contributed by atoms with Crippen molar-refractivity contribution in [2.24, 2.45) is 12.0 Å². The van der Waals surface area contributed by atoms with Crippen molar-refractivity contribution >= 4 is 11.9 Å². The van der Waals surface area contributed by atoms with Crippen LogP contribution in [0.5, 0.6) is 0 Å². The molecular weight excluding hydrogens is 366 g/mol. The van der Waals surface area contributed by atoms with E-state index in [9.17, 15) is 4.79 Å². The van der Waals surface area contributed by atoms with E-state index in [0.29, 0.717) is 12.5 Å². The molecule has 3 rings (SSSR count). The number of rotatable bonds is 5. The second kappa shape index (κ2) is 9.61. The number of guanidine groups is 1. The molecule has 1 unspecified atom stereocenters. The molecule has 2 aliphatic rings. The van der Waals surface area contributed by atoms with E-state index >= 15 is 0 Å². The van der Waals surface area contributed by atoms with Crippen LogP contribution in [0.1, 0.15) is 43.6 Å². The van der Waals surface area contributed by atoms with Gasteiger partial charge in [0.25, 0.3) is 0 Å². The normalized spacial score (nSPS) is 19.7. The maximum absolute atomic E-state index is 12.7. The van der Waals surface area contributed by atoms with Crippen molar-refractivity contribution in [2.45, 2.75) is 53.1 Å². The van der Waals surface area contributed by atoms with E-state index in [-0.39, 0.29) is 6.04 Å². The van der Waals surface area contributed by atoms with Crippen LogP contribution in [0.4, 0.5) is 0 Å². The first-order chi connectivity index (χ1) is 13.9. The molecule has 3 heterocycles. The van der Waals surface area contributed by atoms with Gasteiger partial charge in [-0.1, -0.05) is 0 Å². The van der Waals surface area contributed by atoms with Crippen molar-refractivity contribution in [3.8, 4) is 0 Å². The fraction of sp³-hybridized carbons (Fsp3) is 0.762. The molecule has 0 radical (unpaired) electrons. The van der Waals surface area contributed by atoms with E-state index in [1.165, 1.54) is 11.3 Å². The third kappa shape index (κ3) is 4.91. The molecular formula is C21H37N7O. The lowest BCUT2D eigenvalue weighted by Crippen LogP contribution is -2.57. The number of aliphatic imine (C=N–C) groups is 1. The average Bonchev–Trinajstić information content (AvgIpc) is 3.34. The lowest BCUT2D eigenvalue weighted by Gasteiger charge is -2.39. The predicted octanol–water partition coefficient (Wildman–Crippen LogP) is 1.13. The number of carbonyl (C=O) groups is 1. The van der Waals surface area contributed by atoms with Gasteiger partial charge in [0.15, 0.2) is 5.96 Å². The Morgan fingerprint density at radius 3 is 2.31 bits per heavy atom. The summed E-state index contributed by atoms with van der Waals surface area (Å²) < 4.78 is 1.92. The van der Waals surface area contributed by atoms with Gasteiger partial charge in [0.1, 0.15) is 0 Å². The summed E-state index contributed by atoms with van der Waals surface area (Å²) >= 11 is 0. The molecule has 2 aliphatic heterocycles. The molecule has 1 aromatic rings. The molecule has 1 atom stereocenters. The van der Waals surface area contributed by atoms with Gasteiger partial charge in [-0.05, 0) is 40.5 Å². The van der Waals surface area contributed by atoms with E-state index in [1.54, 1.807) is 0 Å². The van der Waals surface area contributed by atoms with Gasteiger partial charge >= 0.3 is 0 Å². The van der Waals surface area contributed by atoms with E-state index < -0.39 is 0 Å². The number of aryl methyl sites for hydroxylation is 2. The van der Waals surface area contributed by atoms with Gasteiger partial charge in [0, 0.05) is 64.1 Å². The van der Waals surface area contributed by atoms with E-state index in [2.05, 4.69) is 41.0 Å². The molecule has 2 fully saturated rings. The fourth-order valence-corrected chi connectivity index (χ4v) is 4.31. The van der Waals surface area contributed by atoms with Gasteiger partial charge in [0.05, 0.1) is 18.3 Å². The molecule has 8 heteroatoms. The smallest absolute Gasteiger partial charge is 0.239 e. The van der Waals surface area contributed by atoms with Gasteiger partial charge in [-0.25, -0.2) is 4.99 Å². The summed E-state index contributed by atoms with van der Waals surface area (Å²) in [7, 11) is 1.98. The van der Waals surface area contributed by atoms with Crippen LogP contribution in [0.2, 0.25) is 0 Å². The van der Waals surface area contributed by atoms with Gasteiger partial charge < -0.3 is 15.1 Å². The zero-order chi connectivity index (χ0) is 21.0. The summed E-state index contributed by atoms with van der Waals surface area (Å²) in [4.78, 5) is 24.3. The number of carbonyl (C=O) groups excluding carboxylic acids is 1. The third-order valence-electron chi connectivity index (χ3n) is 6.32. The summed E-state index contributed by atoms with van der Waals surface area (Å²) in [5.74, 6) is 1.24. The minimum Gasteiger partial charge on any atom is -0.357 e. The highest BCUT2D eigenvalue weighted by molar-refractivity contribution is 5.82. The number of hydrogen-bond acceptors (Lipinski definition) is 4. The topological polar surface area (TPSA) is 69.0 Å².